The molecule has 0 fully saturated rings. The van der Waals surface area contributed by atoms with Gasteiger partial charge in [0.25, 0.3) is 0 Å². The molecule has 138 valence electrons. The molecule has 3 aromatic rings. The van der Waals surface area contributed by atoms with Crippen molar-refractivity contribution in [3.8, 4) is 5.75 Å². The molecule has 0 atom stereocenters. The third-order valence-electron chi connectivity index (χ3n) is 3.73. The van der Waals surface area contributed by atoms with Gasteiger partial charge in [0.05, 0.1) is 12.3 Å². The third-order valence-corrected chi connectivity index (χ3v) is 4.01. The molecule has 0 saturated heterocycles. The molecule has 7 heteroatoms. The van der Waals surface area contributed by atoms with Crippen molar-refractivity contribution < 1.29 is 19.1 Å². The highest BCUT2D eigenvalue weighted by Crippen LogP contribution is 2.19. The van der Waals surface area contributed by atoms with Crippen molar-refractivity contribution in [2.24, 2.45) is 0 Å². The highest BCUT2D eigenvalue weighted by molar-refractivity contribution is 6.31. The first kappa shape index (κ1) is 18.7. The summed E-state index contributed by atoms with van der Waals surface area (Å²) in [6, 6.07) is 12.1. The van der Waals surface area contributed by atoms with Crippen molar-refractivity contribution in [2.75, 3.05) is 13.2 Å². The smallest absolute Gasteiger partial charge is 0.331 e. The number of aromatic nitrogens is 2. The second kappa shape index (κ2) is 8.51. The Balaban J connectivity index is 1.59. The van der Waals surface area contributed by atoms with E-state index in [2.05, 4.69) is 4.98 Å². The Morgan fingerprint density at radius 3 is 2.70 bits per heavy atom. The van der Waals surface area contributed by atoms with Crippen molar-refractivity contribution in [1.29, 1.82) is 0 Å². The maximum absolute atomic E-state index is 12.1. The minimum Gasteiger partial charge on any atom is -0.494 e. The Morgan fingerprint density at radius 2 is 1.96 bits per heavy atom. The SMILES string of the molecule is CCOc1ccc(C(=O)COC(=O)/C=C/c2c(Cl)nc3ccccn23)cc1. The summed E-state index contributed by atoms with van der Waals surface area (Å²) < 4.78 is 12.1. The van der Waals surface area contributed by atoms with Gasteiger partial charge in [-0.3, -0.25) is 9.20 Å². The van der Waals surface area contributed by atoms with E-state index in [4.69, 9.17) is 21.1 Å². The standard InChI is InChI=1S/C20H17ClN2O4/c1-2-26-15-8-6-14(7-9-15)17(24)13-27-19(25)11-10-16-20(21)22-18-5-3-4-12-23(16)18/h3-12H,2,13H2,1H3/b11-10+. The van der Waals surface area contributed by atoms with E-state index >= 15 is 0 Å². The number of benzene rings is 1. The number of imidazole rings is 1. The van der Waals surface area contributed by atoms with E-state index < -0.39 is 5.97 Å². The van der Waals surface area contributed by atoms with Crippen molar-refractivity contribution in [1.82, 2.24) is 9.38 Å². The highest BCUT2D eigenvalue weighted by atomic mass is 35.5. The van der Waals surface area contributed by atoms with Crippen LogP contribution in [0.2, 0.25) is 5.15 Å². The lowest BCUT2D eigenvalue weighted by molar-refractivity contribution is -0.136. The number of pyridine rings is 1. The lowest BCUT2D eigenvalue weighted by atomic mass is 10.1. The number of esters is 1. The molecule has 2 heterocycles. The number of carbonyl (C=O) groups is 2. The van der Waals surface area contributed by atoms with Gasteiger partial charge < -0.3 is 9.47 Å². The van der Waals surface area contributed by atoms with Crippen LogP contribution in [-0.2, 0) is 9.53 Å². The summed E-state index contributed by atoms with van der Waals surface area (Å²) in [7, 11) is 0. The molecule has 2 aromatic heterocycles. The van der Waals surface area contributed by atoms with Gasteiger partial charge in [-0.05, 0) is 49.4 Å². The lowest BCUT2D eigenvalue weighted by Crippen LogP contribution is -2.12. The molecule has 0 spiro atoms. The average molecular weight is 385 g/mol. The lowest BCUT2D eigenvalue weighted by Gasteiger charge is -2.05. The maximum Gasteiger partial charge on any atom is 0.331 e. The first-order chi connectivity index (χ1) is 13.1. The van der Waals surface area contributed by atoms with Crippen LogP contribution >= 0.6 is 11.6 Å². The van der Waals surface area contributed by atoms with E-state index in [1.165, 1.54) is 12.2 Å². The Morgan fingerprint density at radius 1 is 1.19 bits per heavy atom. The Hall–Kier alpha value is -3.12. The number of Topliss-reactive ketones (excluding diaryl/α,β-unsaturated/α-hetero) is 1. The molecule has 0 radical (unpaired) electrons. The molecule has 0 aliphatic heterocycles. The normalized spacial score (nSPS) is 11.0. The fraction of sp³-hybridized carbons (Fsp3) is 0.150. The summed E-state index contributed by atoms with van der Waals surface area (Å²) in [5, 5.41) is 0.274. The molecule has 27 heavy (non-hydrogen) atoms. The van der Waals surface area contributed by atoms with Gasteiger partial charge in [0.15, 0.2) is 17.5 Å². The van der Waals surface area contributed by atoms with E-state index in [9.17, 15) is 9.59 Å². The average Bonchev–Trinajstić information content (AvgIpc) is 3.00. The molecule has 0 aliphatic rings. The summed E-state index contributed by atoms with van der Waals surface area (Å²) in [5.41, 5.74) is 1.67. The molecule has 3 rings (SSSR count). The molecule has 0 unspecified atom stereocenters. The van der Waals surface area contributed by atoms with E-state index in [1.54, 1.807) is 40.9 Å². The van der Waals surface area contributed by atoms with Gasteiger partial charge in [0.1, 0.15) is 11.4 Å². The number of hydrogen-bond donors (Lipinski definition) is 0. The molecule has 6 nitrogen and oxygen atoms in total. The fourth-order valence-corrected chi connectivity index (χ4v) is 2.69. The van der Waals surface area contributed by atoms with Gasteiger partial charge >= 0.3 is 5.97 Å². The van der Waals surface area contributed by atoms with E-state index in [1.807, 2.05) is 19.1 Å². The number of rotatable bonds is 7. The minimum atomic E-state index is -0.642. The number of hydrogen-bond acceptors (Lipinski definition) is 5. The highest BCUT2D eigenvalue weighted by Gasteiger charge is 2.10. The molecular weight excluding hydrogens is 368 g/mol. The van der Waals surface area contributed by atoms with Crippen molar-refractivity contribution in [3.63, 3.8) is 0 Å². The van der Waals surface area contributed by atoms with Crippen LogP contribution in [0.25, 0.3) is 11.7 Å². The second-order valence-electron chi connectivity index (χ2n) is 5.54. The molecule has 0 amide bonds. The minimum absolute atomic E-state index is 0.274. The quantitative estimate of drug-likeness (QED) is 0.352. The van der Waals surface area contributed by atoms with Gasteiger partial charge in [0, 0.05) is 17.8 Å². The van der Waals surface area contributed by atoms with E-state index in [0.29, 0.717) is 29.3 Å². The largest absolute Gasteiger partial charge is 0.494 e. The first-order valence-corrected chi connectivity index (χ1v) is 8.69. The summed E-state index contributed by atoms with van der Waals surface area (Å²) in [6.45, 7) is 2.08. The fourth-order valence-electron chi connectivity index (χ4n) is 2.45. The molecule has 0 saturated carbocycles. The van der Waals surface area contributed by atoms with Crippen molar-refractivity contribution in [2.45, 2.75) is 6.92 Å². The van der Waals surface area contributed by atoms with Crippen LogP contribution in [0.4, 0.5) is 0 Å². The van der Waals surface area contributed by atoms with E-state index in [0.717, 1.165) is 0 Å². The number of ketones is 1. The number of carbonyl (C=O) groups excluding carboxylic acids is 2. The van der Waals surface area contributed by atoms with Crippen LogP contribution in [0.1, 0.15) is 23.0 Å². The predicted molar refractivity (Wildman–Crippen MR) is 102 cm³/mol. The zero-order chi connectivity index (χ0) is 19.2. The van der Waals surface area contributed by atoms with E-state index in [-0.39, 0.29) is 17.5 Å². The van der Waals surface area contributed by atoms with Crippen LogP contribution in [0.15, 0.2) is 54.7 Å². The number of ether oxygens (including phenoxy) is 2. The Kier molecular flexibility index (Phi) is 5.88. The molecule has 0 bridgehead atoms. The van der Waals surface area contributed by atoms with Crippen LogP contribution in [0.3, 0.4) is 0 Å². The van der Waals surface area contributed by atoms with Gasteiger partial charge in [0.2, 0.25) is 0 Å². The number of nitrogens with zero attached hydrogens (tertiary/aromatic N) is 2. The number of halogens is 1. The van der Waals surface area contributed by atoms with Crippen molar-refractivity contribution >= 4 is 35.1 Å². The Labute approximate surface area is 161 Å². The molecule has 0 aliphatic carbocycles. The summed E-state index contributed by atoms with van der Waals surface area (Å²) in [6.07, 6.45) is 4.51. The predicted octanol–water partition coefficient (Wildman–Crippen LogP) is 3.83. The summed E-state index contributed by atoms with van der Waals surface area (Å²) in [5.74, 6) is -0.261. The van der Waals surface area contributed by atoms with Gasteiger partial charge in [-0.25, -0.2) is 9.78 Å². The van der Waals surface area contributed by atoms with Crippen LogP contribution in [0, 0.1) is 0 Å². The first-order valence-electron chi connectivity index (χ1n) is 8.32. The number of fused-ring (bicyclic) bond motifs is 1. The van der Waals surface area contributed by atoms with Crippen LogP contribution < -0.4 is 4.74 Å². The second-order valence-corrected chi connectivity index (χ2v) is 5.90. The van der Waals surface area contributed by atoms with Gasteiger partial charge in [-0.15, -0.1) is 0 Å². The van der Waals surface area contributed by atoms with Gasteiger partial charge in [-0.1, -0.05) is 17.7 Å². The zero-order valence-electron chi connectivity index (χ0n) is 14.6. The van der Waals surface area contributed by atoms with Crippen LogP contribution in [0.5, 0.6) is 5.75 Å². The third kappa shape index (κ3) is 4.54. The molecule has 1 aromatic carbocycles. The summed E-state index contributed by atoms with van der Waals surface area (Å²) in [4.78, 5) is 28.2. The van der Waals surface area contributed by atoms with Crippen LogP contribution in [-0.4, -0.2) is 34.4 Å². The van der Waals surface area contributed by atoms with Crippen molar-refractivity contribution in [3.05, 3.63) is 71.1 Å². The van der Waals surface area contributed by atoms with Gasteiger partial charge in [-0.2, -0.15) is 0 Å². The Bertz CT molecular complexity index is 993. The maximum atomic E-state index is 12.1. The monoisotopic (exact) mass is 384 g/mol. The molecule has 0 N–H and O–H groups in total. The molecular formula is C20H17ClN2O4. The zero-order valence-corrected chi connectivity index (χ0v) is 15.3. The topological polar surface area (TPSA) is 69.9 Å². The summed E-state index contributed by atoms with van der Waals surface area (Å²) >= 11 is 6.09.